The average Bonchev–Trinajstić information content (AvgIpc) is 3.23. The third-order valence-electron chi connectivity index (χ3n) is 5.79. The first-order chi connectivity index (χ1) is 15.4. The van der Waals surface area contributed by atoms with E-state index in [4.69, 9.17) is 25.2 Å². The van der Waals surface area contributed by atoms with Crippen LogP contribution in [0.3, 0.4) is 0 Å². The number of methoxy groups -OCH3 is 1. The van der Waals surface area contributed by atoms with Crippen molar-refractivity contribution in [2.45, 2.75) is 24.9 Å². The topological polar surface area (TPSA) is 152 Å². The summed E-state index contributed by atoms with van der Waals surface area (Å²) >= 11 is 0. The number of aliphatic hydroxyl groups is 1. The monoisotopic (exact) mass is 444 g/mol. The zero-order chi connectivity index (χ0) is 22.7. The van der Waals surface area contributed by atoms with Crippen LogP contribution in [0.1, 0.15) is 13.3 Å². The molecule has 2 aliphatic rings. The zero-order valence-corrected chi connectivity index (χ0v) is 18.2. The summed E-state index contributed by atoms with van der Waals surface area (Å²) in [6.45, 7) is 4.46. The van der Waals surface area contributed by atoms with Crippen molar-refractivity contribution in [3.05, 3.63) is 18.5 Å². The lowest BCUT2D eigenvalue weighted by Crippen LogP contribution is -2.46. The maximum Gasteiger partial charge on any atom is 0.409 e. The van der Waals surface area contributed by atoms with Crippen LogP contribution in [0.15, 0.2) is 18.5 Å². The van der Waals surface area contributed by atoms with Crippen molar-refractivity contribution in [1.29, 1.82) is 0 Å². The van der Waals surface area contributed by atoms with E-state index in [1.165, 1.54) is 7.11 Å². The molecule has 2 atom stereocenters. The number of likely N-dealkylation sites (tertiary alicyclic amines) is 1. The molecule has 4 heterocycles. The molecular formula is C20H28N8O4. The molecule has 2 aromatic heterocycles. The van der Waals surface area contributed by atoms with Crippen LogP contribution in [0.5, 0.6) is 0 Å². The summed E-state index contributed by atoms with van der Waals surface area (Å²) in [7, 11) is 1.34. The highest BCUT2D eigenvalue weighted by Gasteiger charge is 2.40. The lowest BCUT2D eigenvalue weighted by Gasteiger charge is -2.34. The molecule has 0 unspecified atom stereocenters. The summed E-state index contributed by atoms with van der Waals surface area (Å²) in [4.78, 5) is 33.2. The molecule has 0 bridgehead atoms. The first-order valence-electron chi connectivity index (χ1n) is 10.5. The van der Waals surface area contributed by atoms with Gasteiger partial charge in [-0.2, -0.15) is 4.98 Å². The number of ether oxygens (including phenoxy) is 2. The maximum absolute atomic E-state index is 12.0. The Hall–Kier alpha value is -3.25. The molecule has 0 aliphatic carbocycles. The number of hydrogen-bond donors (Lipinski definition) is 3. The van der Waals surface area contributed by atoms with Gasteiger partial charge in [0, 0.05) is 43.7 Å². The van der Waals surface area contributed by atoms with Gasteiger partial charge in [0.1, 0.15) is 5.82 Å². The van der Waals surface area contributed by atoms with Crippen LogP contribution < -0.4 is 16.0 Å². The number of nitrogen functional groups attached to an aromatic ring is 1. The minimum atomic E-state index is -0.745. The van der Waals surface area contributed by atoms with Gasteiger partial charge in [-0.05, 0) is 13.3 Å². The third kappa shape index (κ3) is 4.50. The van der Waals surface area contributed by atoms with Crippen molar-refractivity contribution in [2.24, 2.45) is 0 Å². The second-order valence-electron chi connectivity index (χ2n) is 8.09. The molecule has 0 spiro atoms. The lowest BCUT2D eigenvalue weighted by molar-refractivity contribution is 0.0981. The van der Waals surface area contributed by atoms with E-state index in [2.05, 4.69) is 27.1 Å². The quantitative estimate of drug-likeness (QED) is 0.586. The molecule has 1 amide bonds. The van der Waals surface area contributed by atoms with Gasteiger partial charge in [-0.25, -0.2) is 19.7 Å². The molecular weight excluding hydrogens is 416 g/mol. The van der Waals surface area contributed by atoms with Crippen molar-refractivity contribution < 1.29 is 19.4 Å². The summed E-state index contributed by atoms with van der Waals surface area (Å²) in [5.41, 5.74) is 6.19. The van der Waals surface area contributed by atoms with E-state index < -0.39 is 11.6 Å². The van der Waals surface area contributed by atoms with Gasteiger partial charge in [0.15, 0.2) is 0 Å². The van der Waals surface area contributed by atoms with E-state index in [1.54, 1.807) is 23.4 Å². The first kappa shape index (κ1) is 22.0. The number of rotatable bonds is 5. The fraction of sp³-hybridized carbons (Fsp3) is 0.550. The standard InChI is InChI=1S/C20H28N8O4/c1-13-10-32-6-5-28(13)18-24-15(14-8-22-17(21)23-9-14)7-16(25-18)26-20(12-29)3-4-27(11-20)19(30)31-2/h7-9,13,29H,3-6,10-12H2,1-2H3,(H2,21,22,23)(H,24,25,26)/t13-,20-/m0/s1. The number of morpholine rings is 1. The average molecular weight is 444 g/mol. The Bertz CT molecular complexity index is 959. The number of anilines is 3. The SMILES string of the molecule is COC(=O)N1CC[C@](CO)(Nc2cc(-c3cnc(N)nc3)nc(N3CCOC[C@@H]3C)n2)C1. The van der Waals surface area contributed by atoms with Crippen LogP contribution in [0, 0.1) is 0 Å². The normalized spacial score (nSPS) is 23.3. The highest BCUT2D eigenvalue weighted by molar-refractivity contribution is 5.69. The van der Waals surface area contributed by atoms with E-state index in [1.807, 2.05) is 0 Å². The van der Waals surface area contributed by atoms with Crippen LogP contribution in [0.2, 0.25) is 0 Å². The zero-order valence-electron chi connectivity index (χ0n) is 18.2. The van der Waals surface area contributed by atoms with Gasteiger partial charge in [0.05, 0.1) is 44.2 Å². The predicted octanol–water partition coefficient (Wildman–Crippen LogP) is 0.356. The van der Waals surface area contributed by atoms with Gasteiger partial charge in [0.2, 0.25) is 11.9 Å². The first-order valence-corrected chi connectivity index (χ1v) is 10.5. The van der Waals surface area contributed by atoms with Gasteiger partial charge >= 0.3 is 6.09 Å². The Morgan fingerprint density at radius 3 is 2.84 bits per heavy atom. The number of aromatic nitrogens is 4. The van der Waals surface area contributed by atoms with Gasteiger partial charge in [-0.15, -0.1) is 0 Å². The summed E-state index contributed by atoms with van der Waals surface area (Å²) in [6.07, 6.45) is 3.34. The van der Waals surface area contributed by atoms with Gasteiger partial charge in [0.25, 0.3) is 0 Å². The molecule has 2 aromatic rings. The van der Waals surface area contributed by atoms with Crippen molar-refractivity contribution in [3.63, 3.8) is 0 Å². The number of nitrogens with zero attached hydrogens (tertiary/aromatic N) is 6. The summed E-state index contributed by atoms with van der Waals surface area (Å²) in [5.74, 6) is 1.24. The fourth-order valence-electron chi connectivity index (χ4n) is 3.97. The van der Waals surface area contributed by atoms with Crippen LogP contribution in [-0.4, -0.2) is 94.2 Å². The minimum Gasteiger partial charge on any atom is -0.453 e. The third-order valence-corrected chi connectivity index (χ3v) is 5.79. The molecule has 0 radical (unpaired) electrons. The van der Waals surface area contributed by atoms with Crippen LogP contribution >= 0.6 is 0 Å². The van der Waals surface area contributed by atoms with E-state index in [-0.39, 0.29) is 18.6 Å². The molecule has 4 rings (SSSR count). The lowest BCUT2D eigenvalue weighted by atomic mass is 10.00. The molecule has 0 saturated carbocycles. The Labute approximate surface area is 185 Å². The van der Waals surface area contributed by atoms with Crippen molar-refractivity contribution in [3.8, 4) is 11.3 Å². The molecule has 2 aliphatic heterocycles. The smallest absolute Gasteiger partial charge is 0.409 e. The van der Waals surface area contributed by atoms with Gasteiger partial charge in [-0.3, -0.25) is 0 Å². The highest BCUT2D eigenvalue weighted by Crippen LogP contribution is 2.29. The molecule has 4 N–H and O–H groups in total. The molecule has 2 fully saturated rings. The Balaban J connectivity index is 1.69. The molecule has 0 aromatic carbocycles. The van der Waals surface area contributed by atoms with Crippen molar-refractivity contribution in [1.82, 2.24) is 24.8 Å². The van der Waals surface area contributed by atoms with E-state index in [0.29, 0.717) is 62.3 Å². The van der Waals surface area contributed by atoms with E-state index in [0.717, 1.165) is 0 Å². The number of carbonyl (C=O) groups excluding carboxylic acids is 1. The number of nitrogens with two attached hydrogens (primary N) is 1. The van der Waals surface area contributed by atoms with Crippen LogP contribution in [0.25, 0.3) is 11.3 Å². The maximum atomic E-state index is 12.0. The summed E-state index contributed by atoms with van der Waals surface area (Å²) < 4.78 is 10.4. The Kier molecular flexibility index (Phi) is 6.24. The fourth-order valence-corrected chi connectivity index (χ4v) is 3.97. The van der Waals surface area contributed by atoms with Gasteiger partial charge < -0.3 is 35.4 Å². The largest absolute Gasteiger partial charge is 0.453 e. The van der Waals surface area contributed by atoms with Gasteiger partial charge in [-0.1, -0.05) is 0 Å². The van der Waals surface area contributed by atoms with Crippen molar-refractivity contribution in [2.75, 3.05) is 62.5 Å². The summed E-state index contributed by atoms with van der Waals surface area (Å²) in [6, 6.07) is 1.88. The molecule has 172 valence electrons. The van der Waals surface area contributed by atoms with E-state index >= 15 is 0 Å². The number of hydrogen-bond acceptors (Lipinski definition) is 11. The molecule has 12 nitrogen and oxygen atoms in total. The Morgan fingerprint density at radius 2 is 2.16 bits per heavy atom. The Morgan fingerprint density at radius 1 is 1.38 bits per heavy atom. The predicted molar refractivity (Wildman–Crippen MR) is 117 cm³/mol. The second-order valence-corrected chi connectivity index (χ2v) is 8.09. The molecule has 32 heavy (non-hydrogen) atoms. The van der Waals surface area contributed by atoms with Crippen molar-refractivity contribution >= 4 is 23.8 Å². The van der Waals surface area contributed by atoms with Crippen LogP contribution in [-0.2, 0) is 9.47 Å². The second kappa shape index (κ2) is 9.09. The van der Waals surface area contributed by atoms with E-state index in [9.17, 15) is 9.90 Å². The molecule has 12 heteroatoms. The highest BCUT2D eigenvalue weighted by atomic mass is 16.5. The number of amides is 1. The van der Waals surface area contributed by atoms with Crippen LogP contribution in [0.4, 0.5) is 22.5 Å². The minimum absolute atomic E-state index is 0.0996. The number of aliphatic hydroxyl groups excluding tert-OH is 1. The molecule has 2 saturated heterocycles. The number of carbonyl (C=O) groups is 1. The number of nitrogens with one attached hydrogen (secondary N) is 1. The summed E-state index contributed by atoms with van der Waals surface area (Å²) in [5, 5.41) is 13.5.